The van der Waals surface area contributed by atoms with Crippen molar-refractivity contribution in [2.24, 2.45) is 0 Å². The van der Waals surface area contributed by atoms with Gasteiger partial charge in [-0.25, -0.2) is 9.37 Å². The van der Waals surface area contributed by atoms with E-state index in [4.69, 9.17) is 9.47 Å². The van der Waals surface area contributed by atoms with Gasteiger partial charge in [-0.2, -0.15) is 4.98 Å². The molecule has 2 heterocycles. The molecule has 5 aromatic rings. The first-order valence-electron chi connectivity index (χ1n) is 17.6. The van der Waals surface area contributed by atoms with Gasteiger partial charge in [0.15, 0.2) is 11.5 Å². The number of para-hydroxylation sites is 1. The number of hydrogen-bond donors (Lipinski definition) is 3. The molecule has 11 nitrogen and oxygen atoms in total. The Morgan fingerprint density at radius 3 is 2.34 bits per heavy atom. The van der Waals surface area contributed by atoms with Crippen LogP contribution in [0.5, 0.6) is 17.4 Å². The van der Waals surface area contributed by atoms with E-state index in [1.165, 1.54) is 19.4 Å². The Morgan fingerprint density at radius 2 is 1.62 bits per heavy atom. The van der Waals surface area contributed by atoms with E-state index in [2.05, 4.69) is 37.9 Å². The SMILES string of the molecule is COc1ccc(CCC(=O)NCc2ccccc2)cc1Oc1nc(Nc2ccc(N3CCN(C)CC3)c(F)c2)ncc1C(=O)Nc1c(C)cccc1C. The lowest BCUT2D eigenvalue weighted by atomic mass is 10.1. The summed E-state index contributed by atoms with van der Waals surface area (Å²) in [6.07, 6.45) is 2.07. The van der Waals surface area contributed by atoms with Crippen molar-refractivity contribution < 1.29 is 23.5 Å². The molecule has 0 bridgehead atoms. The maximum Gasteiger partial charge on any atom is 0.262 e. The summed E-state index contributed by atoms with van der Waals surface area (Å²) in [7, 11) is 3.57. The first kappa shape index (κ1) is 36.8. The zero-order chi connectivity index (χ0) is 37.3. The van der Waals surface area contributed by atoms with Crippen molar-refractivity contribution >= 4 is 34.8 Å². The maximum atomic E-state index is 15.3. The zero-order valence-electron chi connectivity index (χ0n) is 30.4. The van der Waals surface area contributed by atoms with Gasteiger partial charge in [0.1, 0.15) is 11.4 Å². The highest BCUT2D eigenvalue weighted by atomic mass is 19.1. The quantitative estimate of drug-likeness (QED) is 0.118. The summed E-state index contributed by atoms with van der Waals surface area (Å²) in [6.45, 7) is 7.46. The Morgan fingerprint density at radius 1 is 0.868 bits per heavy atom. The summed E-state index contributed by atoms with van der Waals surface area (Å²) in [5.74, 6) is -0.178. The number of benzene rings is 4. The van der Waals surface area contributed by atoms with Gasteiger partial charge >= 0.3 is 0 Å². The Bertz CT molecular complexity index is 2050. The summed E-state index contributed by atoms with van der Waals surface area (Å²) in [4.78, 5) is 39.7. The fourth-order valence-corrected chi connectivity index (χ4v) is 6.07. The Balaban J connectivity index is 1.24. The molecule has 2 amide bonds. The van der Waals surface area contributed by atoms with Crippen LogP contribution in [0, 0.1) is 19.7 Å². The van der Waals surface area contributed by atoms with Crippen LogP contribution in [0.2, 0.25) is 0 Å². The van der Waals surface area contributed by atoms with Crippen LogP contribution in [0.3, 0.4) is 0 Å². The lowest BCUT2D eigenvalue weighted by molar-refractivity contribution is -0.121. The van der Waals surface area contributed by atoms with Crippen LogP contribution in [0.4, 0.5) is 27.4 Å². The second-order valence-electron chi connectivity index (χ2n) is 13.1. The minimum atomic E-state index is -0.475. The van der Waals surface area contributed by atoms with Crippen LogP contribution in [0.15, 0.2) is 91.1 Å². The van der Waals surface area contributed by atoms with Crippen LogP contribution in [0.1, 0.15) is 39.0 Å². The number of nitrogens with zero attached hydrogens (tertiary/aromatic N) is 4. The number of ether oxygens (including phenoxy) is 2. The van der Waals surface area contributed by atoms with Gasteiger partial charge in [0, 0.05) is 56.7 Å². The highest BCUT2D eigenvalue weighted by Crippen LogP contribution is 2.35. The van der Waals surface area contributed by atoms with Crippen LogP contribution >= 0.6 is 0 Å². The van der Waals surface area contributed by atoms with Gasteiger partial charge < -0.3 is 35.2 Å². The fraction of sp³-hybridized carbons (Fsp3) is 0.268. The summed E-state index contributed by atoms with van der Waals surface area (Å²) in [5, 5.41) is 9.00. The molecule has 0 radical (unpaired) electrons. The monoisotopic (exact) mass is 717 g/mol. The number of anilines is 4. The second-order valence-corrected chi connectivity index (χ2v) is 13.1. The van der Waals surface area contributed by atoms with E-state index in [0.29, 0.717) is 41.5 Å². The predicted octanol–water partition coefficient (Wildman–Crippen LogP) is 7.03. The van der Waals surface area contributed by atoms with Gasteiger partial charge in [-0.1, -0.05) is 54.6 Å². The van der Waals surface area contributed by atoms with E-state index in [1.54, 1.807) is 24.3 Å². The molecule has 0 atom stereocenters. The molecular weight excluding hydrogens is 673 g/mol. The highest BCUT2D eigenvalue weighted by Gasteiger charge is 2.22. The third-order valence-electron chi connectivity index (χ3n) is 9.17. The number of piperazine rings is 1. The molecule has 0 saturated carbocycles. The molecule has 12 heteroatoms. The molecule has 0 unspecified atom stereocenters. The maximum absolute atomic E-state index is 15.3. The van der Waals surface area contributed by atoms with Crippen molar-refractivity contribution in [3.05, 3.63) is 125 Å². The second kappa shape index (κ2) is 17.0. The number of carbonyl (C=O) groups excluding carboxylic acids is 2. The molecule has 3 N–H and O–H groups in total. The van der Waals surface area contributed by atoms with Crippen molar-refractivity contribution in [2.75, 3.05) is 55.9 Å². The third-order valence-corrected chi connectivity index (χ3v) is 9.17. The molecule has 0 aliphatic carbocycles. The zero-order valence-corrected chi connectivity index (χ0v) is 30.4. The summed E-state index contributed by atoms with van der Waals surface area (Å²) < 4.78 is 27.3. The van der Waals surface area contributed by atoms with Crippen molar-refractivity contribution in [3.63, 3.8) is 0 Å². The van der Waals surface area contributed by atoms with E-state index in [9.17, 15) is 9.59 Å². The van der Waals surface area contributed by atoms with Crippen molar-refractivity contribution in [1.82, 2.24) is 20.2 Å². The fourth-order valence-electron chi connectivity index (χ4n) is 6.07. The first-order chi connectivity index (χ1) is 25.7. The number of amides is 2. The largest absolute Gasteiger partial charge is 0.493 e. The van der Waals surface area contributed by atoms with Crippen molar-refractivity contribution in [1.29, 1.82) is 0 Å². The van der Waals surface area contributed by atoms with E-state index in [0.717, 1.165) is 48.4 Å². The Labute approximate surface area is 309 Å². The Hall–Kier alpha value is -6.01. The topological polar surface area (TPSA) is 121 Å². The molecule has 6 rings (SSSR count). The molecule has 0 spiro atoms. The summed E-state index contributed by atoms with van der Waals surface area (Å²) >= 11 is 0. The van der Waals surface area contributed by atoms with E-state index in [1.807, 2.05) is 73.3 Å². The Kier molecular flexibility index (Phi) is 11.8. The molecule has 4 aromatic carbocycles. The molecule has 53 heavy (non-hydrogen) atoms. The number of rotatable bonds is 13. The van der Waals surface area contributed by atoms with Gasteiger partial charge in [0.25, 0.3) is 5.91 Å². The molecule has 1 aliphatic rings. The molecule has 1 fully saturated rings. The summed E-state index contributed by atoms with van der Waals surface area (Å²) in [6, 6.07) is 25.7. The van der Waals surface area contributed by atoms with E-state index < -0.39 is 5.91 Å². The lowest BCUT2D eigenvalue weighted by Gasteiger charge is -2.34. The highest BCUT2D eigenvalue weighted by molar-refractivity contribution is 6.06. The predicted molar refractivity (Wildman–Crippen MR) is 205 cm³/mol. The average Bonchev–Trinajstić information content (AvgIpc) is 3.16. The minimum Gasteiger partial charge on any atom is -0.493 e. The third kappa shape index (κ3) is 9.46. The lowest BCUT2D eigenvalue weighted by Crippen LogP contribution is -2.44. The minimum absolute atomic E-state index is 0.0446. The smallest absolute Gasteiger partial charge is 0.262 e. The number of aromatic nitrogens is 2. The number of nitrogens with one attached hydrogen (secondary N) is 3. The van der Waals surface area contributed by atoms with Crippen LogP contribution < -0.4 is 30.3 Å². The number of carbonyl (C=O) groups is 2. The molecule has 1 aromatic heterocycles. The van der Waals surface area contributed by atoms with Gasteiger partial charge in [-0.3, -0.25) is 9.59 Å². The van der Waals surface area contributed by atoms with Crippen molar-refractivity contribution in [2.45, 2.75) is 33.2 Å². The number of methoxy groups -OCH3 is 1. The van der Waals surface area contributed by atoms with Gasteiger partial charge in [0.2, 0.25) is 17.7 Å². The molecule has 274 valence electrons. The number of likely N-dealkylation sites (N-methyl/N-ethyl adjacent to an activating group) is 1. The van der Waals surface area contributed by atoms with E-state index in [-0.39, 0.29) is 35.5 Å². The van der Waals surface area contributed by atoms with Crippen molar-refractivity contribution in [3.8, 4) is 17.4 Å². The molecule has 1 aliphatic heterocycles. The van der Waals surface area contributed by atoms with Crippen LogP contribution in [-0.2, 0) is 17.8 Å². The molecule has 1 saturated heterocycles. The average molecular weight is 718 g/mol. The first-order valence-corrected chi connectivity index (χ1v) is 17.6. The van der Waals surface area contributed by atoms with Gasteiger partial charge in [-0.15, -0.1) is 0 Å². The standard InChI is InChI=1S/C41H44FN7O4/c1-27-9-8-10-28(2)38(27)46-39(51)32-26-44-41(45-31-15-16-34(33(42)24-31)49-21-19-48(3)20-22-49)47-40(32)53-36-23-29(13-17-35(36)52-4)14-18-37(50)43-25-30-11-6-5-7-12-30/h5-13,15-17,23-24,26H,14,18-22,25H2,1-4H3,(H,43,50)(H,46,51)(H,44,45,47). The van der Waals surface area contributed by atoms with Gasteiger partial charge in [0.05, 0.1) is 12.8 Å². The molecular formula is C41H44FN7O4. The van der Waals surface area contributed by atoms with Crippen LogP contribution in [-0.4, -0.2) is 67.0 Å². The summed E-state index contributed by atoms with van der Waals surface area (Å²) in [5.41, 5.74) is 5.34. The normalized spacial score (nSPS) is 13.0. The van der Waals surface area contributed by atoms with Crippen LogP contribution in [0.25, 0.3) is 0 Å². The van der Waals surface area contributed by atoms with E-state index >= 15 is 4.39 Å². The van der Waals surface area contributed by atoms with Gasteiger partial charge in [-0.05, 0) is 79.9 Å². The number of hydrogen-bond acceptors (Lipinski definition) is 9. The number of halogens is 1. The number of aryl methyl sites for hydroxylation is 3.